The molecule has 5 nitrogen and oxygen atoms in total. The Labute approximate surface area is 120 Å². The number of rotatable bonds is 9. The summed E-state index contributed by atoms with van der Waals surface area (Å²) in [5.74, 6) is 2.20. The van der Waals surface area contributed by atoms with E-state index in [1.807, 2.05) is 0 Å². The van der Waals surface area contributed by atoms with Gasteiger partial charge in [0.25, 0.3) is 0 Å². The summed E-state index contributed by atoms with van der Waals surface area (Å²) in [5.41, 5.74) is 0. The average molecular weight is 284 g/mol. The lowest BCUT2D eigenvalue weighted by molar-refractivity contribution is 0.288. The van der Waals surface area contributed by atoms with E-state index in [1.165, 1.54) is 0 Å². The van der Waals surface area contributed by atoms with Crippen molar-refractivity contribution in [1.82, 2.24) is 15.0 Å². The lowest BCUT2D eigenvalue weighted by Crippen LogP contribution is -2.09. The first-order valence-electron chi connectivity index (χ1n) is 6.91. The molecule has 0 saturated carbocycles. The van der Waals surface area contributed by atoms with Gasteiger partial charge in [-0.3, -0.25) is 0 Å². The molecule has 1 N–H and O–H groups in total. The number of nitrogens with zero attached hydrogens (tertiary/aromatic N) is 3. The van der Waals surface area contributed by atoms with Crippen LogP contribution in [0.4, 0.5) is 5.95 Å². The fraction of sp³-hybridized carbons (Fsp3) is 0.769. The standard InChI is InChI=1S/C13H24N4OS/c1-5-7-14-11-15-12(18-8-6-2)17-13(16-11)19-9-10(3)4/h10H,5-9H2,1-4H3,(H,14,15,16,17). The fourth-order valence-electron chi connectivity index (χ4n) is 1.22. The van der Waals surface area contributed by atoms with Gasteiger partial charge in [-0.25, -0.2) is 0 Å². The first kappa shape index (κ1) is 16.0. The van der Waals surface area contributed by atoms with E-state index in [1.54, 1.807) is 11.8 Å². The molecule has 0 unspecified atom stereocenters. The Kier molecular flexibility index (Phi) is 7.55. The van der Waals surface area contributed by atoms with Crippen molar-refractivity contribution in [3.8, 4) is 6.01 Å². The summed E-state index contributed by atoms with van der Waals surface area (Å²) in [6.45, 7) is 10.0. The number of nitrogens with one attached hydrogen (secondary N) is 1. The van der Waals surface area contributed by atoms with Gasteiger partial charge >= 0.3 is 6.01 Å². The second kappa shape index (κ2) is 8.96. The van der Waals surface area contributed by atoms with Crippen molar-refractivity contribution < 1.29 is 4.74 Å². The zero-order valence-electron chi connectivity index (χ0n) is 12.3. The lowest BCUT2D eigenvalue weighted by atomic mass is 10.3. The van der Waals surface area contributed by atoms with Crippen LogP contribution < -0.4 is 10.1 Å². The summed E-state index contributed by atoms with van der Waals surface area (Å²) < 4.78 is 5.51. The number of thioether (sulfide) groups is 1. The van der Waals surface area contributed by atoms with Crippen LogP contribution in [0, 0.1) is 5.92 Å². The maximum Gasteiger partial charge on any atom is 0.322 e. The van der Waals surface area contributed by atoms with E-state index >= 15 is 0 Å². The van der Waals surface area contributed by atoms with Crippen molar-refractivity contribution >= 4 is 17.7 Å². The van der Waals surface area contributed by atoms with E-state index in [2.05, 4.69) is 48.0 Å². The summed E-state index contributed by atoms with van der Waals surface area (Å²) in [5, 5.41) is 3.91. The highest BCUT2D eigenvalue weighted by atomic mass is 32.2. The Bertz CT molecular complexity index is 347. The first-order valence-corrected chi connectivity index (χ1v) is 7.89. The van der Waals surface area contributed by atoms with Crippen LogP contribution in [-0.4, -0.2) is 33.9 Å². The molecule has 0 radical (unpaired) electrons. The molecule has 0 aliphatic carbocycles. The van der Waals surface area contributed by atoms with E-state index in [4.69, 9.17) is 4.74 Å². The molecule has 0 aromatic carbocycles. The molecule has 0 amide bonds. The highest BCUT2D eigenvalue weighted by Gasteiger charge is 2.08. The van der Waals surface area contributed by atoms with E-state index in [0.717, 1.165) is 30.3 Å². The number of aromatic nitrogens is 3. The molecule has 1 rings (SSSR count). The first-order chi connectivity index (χ1) is 9.15. The number of ether oxygens (including phenoxy) is 1. The predicted molar refractivity (Wildman–Crippen MR) is 80.0 cm³/mol. The van der Waals surface area contributed by atoms with Crippen LogP contribution in [-0.2, 0) is 0 Å². The second-order valence-corrected chi connectivity index (χ2v) is 5.69. The topological polar surface area (TPSA) is 59.9 Å². The van der Waals surface area contributed by atoms with Crippen molar-refractivity contribution in [2.24, 2.45) is 5.92 Å². The van der Waals surface area contributed by atoms with Gasteiger partial charge in [-0.15, -0.1) is 0 Å². The zero-order chi connectivity index (χ0) is 14.1. The van der Waals surface area contributed by atoms with E-state index < -0.39 is 0 Å². The van der Waals surface area contributed by atoms with Crippen molar-refractivity contribution in [1.29, 1.82) is 0 Å². The predicted octanol–water partition coefficient (Wildman–Crippen LogP) is 3.23. The van der Waals surface area contributed by atoms with Crippen LogP contribution in [0.5, 0.6) is 6.01 Å². The molecule has 0 aliphatic rings. The van der Waals surface area contributed by atoms with Crippen LogP contribution in [0.2, 0.25) is 0 Å². The van der Waals surface area contributed by atoms with Gasteiger partial charge in [0.15, 0.2) is 5.16 Å². The van der Waals surface area contributed by atoms with Crippen LogP contribution >= 0.6 is 11.8 Å². The molecular weight excluding hydrogens is 260 g/mol. The molecule has 19 heavy (non-hydrogen) atoms. The molecule has 1 heterocycles. The molecule has 0 spiro atoms. The maximum absolute atomic E-state index is 5.51. The van der Waals surface area contributed by atoms with Crippen molar-refractivity contribution in [3.05, 3.63) is 0 Å². The summed E-state index contributed by atoms with van der Waals surface area (Å²) in [4.78, 5) is 13.0. The van der Waals surface area contributed by atoms with Gasteiger partial charge in [0.05, 0.1) is 6.61 Å². The third kappa shape index (κ3) is 6.61. The Hall–Kier alpha value is -1.04. The average Bonchev–Trinajstić information content (AvgIpc) is 2.40. The Morgan fingerprint density at radius 1 is 1.16 bits per heavy atom. The molecule has 0 saturated heterocycles. The van der Waals surface area contributed by atoms with Gasteiger partial charge in [0.1, 0.15) is 0 Å². The molecule has 1 aromatic heterocycles. The van der Waals surface area contributed by atoms with Crippen LogP contribution in [0.3, 0.4) is 0 Å². The normalized spacial score (nSPS) is 10.8. The molecule has 0 bridgehead atoms. The molecule has 1 aromatic rings. The molecular formula is C13H24N4OS. The largest absolute Gasteiger partial charge is 0.463 e. The molecule has 0 aliphatic heterocycles. The van der Waals surface area contributed by atoms with E-state index in [0.29, 0.717) is 24.5 Å². The Balaban J connectivity index is 2.75. The van der Waals surface area contributed by atoms with Gasteiger partial charge in [-0.1, -0.05) is 39.5 Å². The summed E-state index contributed by atoms with van der Waals surface area (Å²) >= 11 is 1.64. The Morgan fingerprint density at radius 2 is 1.95 bits per heavy atom. The van der Waals surface area contributed by atoms with Gasteiger partial charge in [0, 0.05) is 12.3 Å². The SMILES string of the molecule is CCCNc1nc(OCCC)nc(SCC(C)C)n1. The minimum absolute atomic E-state index is 0.418. The molecule has 0 fully saturated rings. The third-order valence-corrected chi connectivity index (χ3v) is 3.38. The monoisotopic (exact) mass is 284 g/mol. The van der Waals surface area contributed by atoms with Crippen molar-refractivity contribution in [3.63, 3.8) is 0 Å². The molecule has 0 atom stereocenters. The minimum Gasteiger partial charge on any atom is -0.463 e. The lowest BCUT2D eigenvalue weighted by Gasteiger charge is -2.09. The zero-order valence-corrected chi connectivity index (χ0v) is 13.1. The van der Waals surface area contributed by atoms with Crippen LogP contribution in [0.15, 0.2) is 5.16 Å². The number of anilines is 1. The van der Waals surface area contributed by atoms with Crippen LogP contribution in [0.25, 0.3) is 0 Å². The Morgan fingerprint density at radius 3 is 2.58 bits per heavy atom. The second-order valence-electron chi connectivity index (χ2n) is 4.70. The van der Waals surface area contributed by atoms with Crippen molar-refractivity contribution in [2.75, 3.05) is 24.2 Å². The highest BCUT2D eigenvalue weighted by Crippen LogP contribution is 2.20. The van der Waals surface area contributed by atoms with Gasteiger partial charge in [0.2, 0.25) is 5.95 Å². The molecule has 108 valence electrons. The minimum atomic E-state index is 0.418. The van der Waals surface area contributed by atoms with E-state index in [-0.39, 0.29) is 0 Å². The van der Waals surface area contributed by atoms with Gasteiger partial charge in [-0.2, -0.15) is 15.0 Å². The smallest absolute Gasteiger partial charge is 0.322 e. The third-order valence-electron chi connectivity index (χ3n) is 2.11. The maximum atomic E-state index is 5.51. The van der Waals surface area contributed by atoms with Crippen LogP contribution in [0.1, 0.15) is 40.5 Å². The fourth-order valence-corrected chi connectivity index (χ4v) is 1.99. The summed E-state index contributed by atoms with van der Waals surface area (Å²) in [6.07, 6.45) is 1.98. The number of hydrogen-bond acceptors (Lipinski definition) is 6. The van der Waals surface area contributed by atoms with E-state index in [9.17, 15) is 0 Å². The molecule has 6 heteroatoms. The summed E-state index contributed by atoms with van der Waals surface area (Å²) in [6, 6.07) is 0.418. The van der Waals surface area contributed by atoms with Crippen molar-refractivity contribution in [2.45, 2.75) is 45.7 Å². The number of hydrogen-bond donors (Lipinski definition) is 1. The highest BCUT2D eigenvalue weighted by molar-refractivity contribution is 7.99. The summed E-state index contributed by atoms with van der Waals surface area (Å²) in [7, 11) is 0. The van der Waals surface area contributed by atoms with Gasteiger partial charge < -0.3 is 10.1 Å². The quantitative estimate of drug-likeness (QED) is 0.703. The van der Waals surface area contributed by atoms with Gasteiger partial charge in [-0.05, 0) is 18.8 Å².